The van der Waals surface area contributed by atoms with Crippen LogP contribution in [0.2, 0.25) is 0 Å². The zero-order valence-electron chi connectivity index (χ0n) is 7.46. The first-order chi connectivity index (χ1) is 7.04. The van der Waals surface area contributed by atoms with Crippen LogP contribution in [0.15, 0.2) is 22.7 Å². The van der Waals surface area contributed by atoms with E-state index in [0.29, 0.717) is 15.7 Å². The molecule has 0 aliphatic carbocycles. The highest BCUT2D eigenvalue weighted by Crippen LogP contribution is 2.22. The summed E-state index contributed by atoms with van der Waals surface area (Å²) in [6.45, 7) is 0. The molecule has 6 heteroatoms. The van der Waals surface area contributed by atoms with Gasteiger partial charge in [-0.1, -0.05) is 0 Å². The summed E-state index contributed by atoms with van der Waals surface area (Å²) in [5.74, 6) is -0.324. The number of halogens is 2. The number of amides is 1. The first-order valence-corrected chi connectivity index (χ1v) is 5.26. The molecule has 0 aromatic heterocycles. The number of ketones is 1. The molecule has 0 aliphatic rings. The summed E-state index contributed by atoms with van der Waals surface area (Å²) >= 11 is 8.57. The highest BCUT2D eigenvalue weighted by atomic mass is 79.9. The third-order valence-electron chi connectivity index (χ3n) is 1.64. The van der Waals surface area contributed by atoms with Gasteiger partial charge in [-0.05, 0) is 34.1 Å². The normalized spacial score (nSPS) is 9.73. The van der Waals surface area contributed by atoms with Crippen molar-refractivity contribution in [1.29, 1.82) is 0 Å². The van der Waals surface area contributed by atoms with Crippen LogP contribution < -0.4 is 5.32 Å². The highest BCUT2D eigenvalue weighted by Gasteiger charge is 2.09. The molecule has 80 valence electrons. The molecule has 0 aliphatic heterocycles. The van der Waals surface area contributed by atoms with Crippen molar-refractivity contribution in [3.8, 4) is 0 Å². The van der Waals surface area contributed by atoms with E-state index in [1.165, 1.54) is 18.2 Å². The smallest absolute Gasteiger partial charge is 0.409 e. The molecule has 15 heavy (non-hydrogen) atoms. The Morgan fingerprint density at radius 1 is 1.47 bits per heavy atom. The Labute approximate surface area is 99.4 Å². The number of benzene rings is 1. The molecule has 0 fully saturated rings. The number of carbonyl (C=O) groups is 2. The van der Waals surface area contributed by atoms with E-state index >= 15 is 0 Å². The predicted molar refractivity (Wildman–Crippen MR) is 60.8 cm³/mol. The molecule has 0 spiro atoms. The molecule has 0 bridgehead atoms. The molecule has 4 nitrogen and oxygen atoms in total. The van der Waals surface area contributed by atoms with Crippen LogP contribution in [0.5, 0.6) is 0 Å². The van der Waals surface area contributed by atoms with Crippen molar-refractivity contribution in [3.63, 3.8) is 0 Å². The summed E-state index contributed by atoms with van der Waals surface area (Å²) in [6.07, 6.45) is -1.15. The second-order valence-corrected chi connectivity index (χ2v) is 3.80. The molecule has 1 aromatic carbocycles. The number of hydrogen-bond donors (Lipinski definition) is 2. The molecule has 2 N–H and O–H groups in total. The predicted octanol–water partition coefficient (Wildman–Crippen LogP) is 2.96. The maximum Gasteiger partial charge on any atom is 0.409 e. The van der Waals surface area contributed by atoms with Gasteiger partial charge in [-0.15, -0.1) is 11.6 Å². The monoisotopic (exact) mass is 291 g/mol. The van der Waals surface area contributed by atoms with E-state index in [4.69, 9.17) is 16.7 Å². The van der Waals surface area contributed by atoms with Crippen LogP contribution in [0, 0.1) is 0 Å². The lowest BCUT2D eigenvalue weighted by Crippen LogP contribution is -2.08. The van der Waals surface area contributed by atoms with Crippen LogP contribution in [-0.4, -0.2) is 22.9 Å². The fraction of sp³-hybridized carbons (Fsp3) is 0.111. The maximum atomic E-state index is 11.3. The zero-order valence-corrected chi connectivity index (χ0v) is 9.80. The van der Waals surface area contributed by atoms with Crippen molar-refractivity contribution in [2.45, 2.75) is 0 Å². The second kappa shape index (κ2) is 5.14. The highest BCUT2D eigenvalue weighted by molar-refractivity contribution is 9.10. The lowest BCUT2D eigenvalue weighted by molar-refractivity contribution is 0.102. The Morgan fingerprint density at radius 3 is 2.60 bits per heavy atom. The molecule has 0 saturated carbocycles. The van der Waals surface area contributed by atoms with E-state index in [-0.39, 0.29) is 11.7 Å². The summed E-state index contributed by atoms with van der Waals surface area (Å²) < 4.78 is 0.513. The quantitative estimate of drug-likeness (QED) is 0.665. The number of nitrogens with one attached hydrogen (secondary N) is 1. The van der Waals surface area contributed by atoms with Gasteiger partial charge in [-0.3, -0.25) is 10.1 Å². The minimum atomic E-state index is -1.15. The lowest BCUT2D eigenvalue weighted by Gasteiger charge is -2.04. The lowest BCUT2D eigenvalue weighted by atomic mass is 10.1. The van der Waals surface area contributed by atoms with Crippen molar-refractivity contribution < 1.29 is 14.7 Å². The number of carboxylic acid groups (broad SMARTS) is 1. The van der Waals surface area contributed by atoms with Crippen molar-refractivity contribution in [2.75, 3.05) is 11.2 Å². The average Bonchev–Trinajstić information content (AvgIpc) is 2.16. The van der Waals surface area contributed by atoms with Crippen molar-refractivity contribution in [3.05, 3.63) is 28.2 Å². The van der Waals surface area contributed by atoms with Gasteiger partial charge in [0.25, 0.3) is 0 Å². The minimum Gasteiger partial charge on any atom is -0.465 e. The Morgan fingerprint density at radius 2 is 2.13 bits per heavy atom. The average molecular weight is 293 g/mol. The molecule has 1 aromatic rings. The third kappa shape index (κ3) is 3.21. The van der Waals surface area contributed by atoms with Crippen LogP contribution in [-0.2, 0) is 0 Å². The van der Waals surface area contributed by atoms with Crippen LogP contribution in [0.25, 0.3) is 0 Å². The van der Waals surface area contributed by atoms with E-state index in [0.717, 1.165) is 0 Å². The summed E-state index contributed by atoms with van der Waals surface area (Å²) in [5, 5.41) is 10.6. The van der Waals surface area contributed by atoms with Gasteiger partial charge in [0.15, 0.2) is 5.78 Å². The number of rotatable bonds is 3. The molecule has 0 radical (unpaired) electrons. The van der Waals surface area contributed by atoms with Gasteiger partial charge in [-0.25, -0.2) is 4.79 Å². The topological polar surface area (TPSA) is 66.4 Å². The van der Waals surface area contributed by atoms with E-state index in [1.54, 1.807) is 0 Å². The number of alkyl halides is 1. The van der Waals surface area contributed by atoms with Crippen molar-refractivity contribution in [2.24, 2.45) is 0 Å². The summed E-state index contributed by atoms with van der Waals surface area (Å²) in [4.78, 5) is 21.6. The SMILES string of the molecule is O=C(O)Nc1ccc(C(=O)CCl)c(Br)c1. The molecule has 1 rings (SSSR count). The van der Waals surface area contributed by atoms with Gasteiger partial charge in [0.05, 0.1) is 5.88 Å². The maximum absolute atomic E-state index is 11.3. The first-order valence-electron chi connectivity index (χ1n) is 3.93. The van der Waals surface area contributed by atoms with Crippen LogP contribution >= 0.6 is 27.5 Å². The Bertz CT molecular complexity index is 408. The minimum absolute atomic E-state index is 0.107. The Balaban J connectivity index is 2.97. The van der Waals surface area contributed by atoms with Gasteiger partial charge >= 0.3 is 6.09 Å². The van der Waals surface area contributed by atoms with Crippen molar-refractivity contribution in [1.82, 2.24) is 0 Å². The summed E-state index contributed by atoms with van der Waals surface area (Å²) in [7, 11) is 0. The van der Waals surface area contributed by atoms with Crippen LogP contribution in [0.4, 0.5) is 10.5 Å². The fourth-order valence-corrected chi connectivity index (χ4v) is 1.76. The molecule has 1 amide bonds. The van der Waals surface area contributed by atoms with Gasteiger partial charge in [0.2, 0.25) is 0 Å². The Hall–Kier alpha value is -1.07. The molecular formula is C9H7BrClNO3. The molecular weight excluding hydrogens is 285 g/mol. The third-order valence-corrected chi connectivity index (χ3v) is 2.54. The number of Topliss-reactive ketones (excluding diaryl/α,β-unsaturated/α-hetero) is 1. The Kier molecular flexibility index (Phi) is 4.11. The van der Waals surface area contributed by atoms with Gasteiger partial charge in [0, 0.05) is 15.7 Å². The molecule has 0 atom stereocenters. The molecule has 0 heterocycles. The van der Waals surface area contributed by atoms with E-state index < -0.39 is 6.09 Å². The van der Waals surface area contributed by atoms with Crippen LogP contribution in [0.1, 0.15) is 10.4 Å². The van der Waals surface area contributed by atoms with Gasteiger partial charge in [-0.2, -0.15) is 0 Å². The largest absolute Gasteiger partial charge is 0.465 e. The van der Waals surface area contributed by atoms with Crippen molar-refractivity contribution >= 4 is 45.1 Å². The van der Waals surface area contributed by atoms with E-state index in [1.807, 2.05) is 0 Å². The number of anilines is 1. The number of hydrogen-bond acceptors (Lipinski definition) is 2. The summed E-state index contributed by atoms with van der Waals surface area (Å²) in [5.41, 5.74) is 0.821. The first kappa shape index (κ1) is 12.0. The van der Waals surface area contributed by atoms with Crippen LogP contribution in [0.3, 0.4) is 0 Å². The van der Waals surface area contributed by atoms with Gasteiger partial charge in [0.1, 0.15) is 0 Å². The zero-order chi connectivity index (χ0) is 11.4. The van der Waals surface area contributed by atoms with E-state index in [9.17, 15) is 9.59 Å². The fourth-order valence-electron chi connectivity index (χ4n) is 1.01. The summed E-state index contributed by atoms with van der Waals surface area (Å²) in [6, 6.07) is 4.52. The molecule has 0 unspecified atom stereocenters. The standard InChI is InChI=1S/C9H7BrClNO3/c10-7-3-5(12-9(14)15)1-2-6(7)8(13)4-11/h1-3,12H,4H2,(H,14,15). The second-order valence-electron chi connectivity index (χ2n) is 2.68. The molecule has 0 saturated heterocycles. The van der Waals surface area contributed by atoms with Gasteiger partial charge < -0.3 is 5.11 Å². The number of carbonyl (C=O) groups excluding carboxylic acids is 1. The van der Waals surface area contributed by atoms with E-state index in [2.05, 4.69) is 21.2 Å².